The van der Waals surface area contributed by atoms with Crippen molar-refractivity contribution < 1.29 is 13.6 Å². The third-order valence-corrected chi connectivity index (χ3v) is 5.49. The van der Waals surface area contributed by atoms with E-state index in [4.69, 9.17) is 13.6 Å². The van der Waals surface area contributed by atoms with Gasteiger partial charge in [0.25, 0.3) is 0 Å². The summed E-state index contributed by atoms with van der Waals surface area (Å²) < 4.78 is 19.7. The van der Waals surface area contributed by atoms with E-state index in [0.29, 0.717) is 19.0 Å². The van der Waals surface area contributed by atoms with E-state index in [1.165, 1.54) is 0 Å². The molecule has 0 amide bonds. The van der Waals surface area contributed by atoms with Gasteiger partial charge in [-0.05, 0) is 54.1 Å². The molecule has 1 atom stereocenters. The second kappa shape index (κ2) is 8.66. The topological polar surface area (TPSA) is 92.0 Å². The summed E-state index contributed by atoms with van der Waals surface area (Å²) in [5, 5.41) is 12.4. The lowest BCUT2D eigenvalue weighted by atomic mass is 10.0. The fraction of sp³-hybridized carbons (Fsp3) is 0.250. The molecule has 3 heterocycles. The molecule has 0 fully saturated rings. The summed E-state index contributed by atoms with van der Waals surface area (Å²) in [7, 11) is 0. The summed E-state index contributed by atoms with van der Waals surface area (Å²) in [4.78, 5) is 4.60. The Kier molecular flexibility index (Phi) is 5.41. The summed E-state index contributed by atoms with van der Waals surface area (Å²) in [6, 6.07) is 17.8. The molecule has 0 aliphatic rings. The van der Waals surface area contributed by atoms with Crippen LogP contribution in [-0.2, 0) is 13.2 Å². The Morgan fingerprint density at radius 2 is 1.94 bits per heavy atom. The lowest BCUT2D eigenvalue weighted by Gasteiger charge is -2.10. The molecule has 0 bridgehead atoms. The van der Waals surface area contributed by atoms with E-state index in [1.54, 1.807) is 11.0 Å². The molecule has 0 spiro atoms. The first-order chi connectivity index (χ1) is 15.7. The van der Waals surface area contributed by atoms with Crippen molar-refractivity contribution in [2.45, 2.75) is 39.3 Å². The van der Waals surface area contributed by atoms with Gasteiger partial charge in [0.15, 0.2) is 0 Å². The SMILES string of the molecule is CCC(Cn1cnnn1)c1cc2ccc(OCc3nc(-c4ccccc4)oc3C)cc2o1. The molecule has 0 aliphatic carbocycles. The Balaban J connectivity index is 1.31. The van der Waals surface area contributed by atoms with Crippen LogP contribution in [0.2, 0.25) is 0 Å². The fourth-order valence-corrected chi connectivity index (χ4v) is 3.65. The average molecular weight is 429 g/mol. The van der Waals surface area contributed by atoms with Crippen LogP contribution in [-0.4, -0.2) is 25.2 Å². The van der Waals surface area contributed by atoms with E-state index in [-0.39, 0.29) is 5.92 Å². The van der Waals surface area contributed by atoms with Gasteiger partial charge in [-0.15, -0.1) is 5.10 Å². The Hall–Kier alpha value is -3.94. The minimum Gasteiger partial charge on any atom is -0.487 e. The summed E-state index contributed by atoms with van der Waals surface area (Å²) in [5.74, 6) is 3.16. The number of aryl methyl sites for hydroxylation is 1. The molecule has 162 valence electrons. The molecule has 0 saturated carbocycles. The number of nitrogens with zero attached hydrogens (tertiary/aromatic N) is 5. The van der Waals surface area contributed by atoms with Crippen LogP contribution in [0.25, 0.3) is 22.4 Å². The van der Waals surface area contributed by atoms with Crippen molar-refractivity contribution in [1.82, 2.24) is 25.2 Å². The zero-order valence-corrected chi connectivity index (χ0v) is 17.9. The van der Waals surface area contributed by atoms with Gasteiger partial charge < -0.3 is 13.6 Å². The van der Waals surface area contributed by atoms with Crippen molar-refractivity contribution in [3.8, 4) is 17.2 Å². The molecule has 5 rings (SSSR count). The molecule has 32 heavy (non-hydrogen) atoms. The molecule has 8 nitrogen and oxygen atoms in total. The van der Waals surface area contributed by atoms with Crippen molar-refractivity contribution in [3.05, 3.63) is 78.1 Å². The van der Waals surface area contributed by atoms with Crippen LogP contribution >= 0.6 is 0 Å². The third kappa shape index (κ3) is 4.12. The maximum atomic E-state index is 6.15. The number of fused-ring (bicyclic) bond motifs is 1. The molecule has 1 unspecified atom stereocenters. The van der Waals surface area contributed by atoms with Gasteiger partial charge >= 0.3 is 0 Å². The highest BCUT2D eigenvalue weighted by atomic mass is 16.5. The van der Waals surface area contributed by atoms with Crippen LogP contribution in [0.5, 0.6) is 5.75 Å². The summed E-state index contributed by atoms with van der Waals surface area (Å²) >= 11 is 0. The third-order valence-electron chi connectivity index (χ3n) is 5.49. The number of oxazole rings is 1. The number of benzene rings is 2. The van der Waals surface area contributed by atoms with Crippen molar-refractivity contribution in [2.75, 3.05) is 0 Å². The number of tetrazole rings is 1. The van der Waals surface area contributed by atoms with E-state index >= 15 is 0 Å². The maximum Gasteiger partial charge on any atom is 0.226 e. The highest BCUT2D eigenvalue weighted by molar-refractivity contribution is 5.79. The van der Waals surface area contributed by atoms with Crippen LogP contribution in [0.1, 0.15) is 36.5 Å². The smallest absolute Gasteiger partial charge is 0.226 e. The van der Waals surface area contributed by atoms with Gasteiger partial charge in [0.05, 0.1) is 6.54 Å². The monoisotopic (exact) mass is 429 g/mol. The first kappa shape index (κ1) is 20.0. The maximum absolute atomic E-state index is 6.15. The summed E-state index contributed by atoms with van der Waals surface area (Å²) in [6.07, 6.45) is 2.53. The minimum absolute atomic E-state index is 0.185. The summed E-state index contributed by atoms with van der Waals surface area (Å²) in [5.41, 5.74) is 2.50. The molecule has 8 heteroatoms. The number of hydrogen-bond donors (Lipinski definition) is 0. The predicted octanol–water partition coefficient (Wildman–Crippen LogP) is 5.16. The van der Waals surface area contributed by atoms with E-state index in [2.05, 4.69) is 33.5 Å². The Morgan fingerprint density at radius 1 is 1.06 bits per heavy atom. The second-order valence-corrected chi connectivity index (χ2v) is 7.66. The van der Waals surface area contributed by atoms with Crippen molar-refractivity contribution in [1.29, 1.82) is 0 Å². The molecular weight excluding hydrogens is 406 g/mol. The van der Waals surface area contributed by atoms with Crippen molar-refractivity contribution in [3.63, 3.8) is 0 Å². The van der Waals surface area contributed by atoms with E-state index in [1.807, 2.05) is 55.5 Å². The number of ether oxygens (including phenoxy) is 1. The van der Waals surface area contributed by atoms with Gasteiger partial charge in [0.1, 0.15) is 41.5 Å². The van der Waals surface area contributed by atoms with Crippen molar-refractivity contribution in [2.24, 2.45) is 0 Å². The Morgan fingerprint density at radius 3 is 2.72 bits per heavy atom. The normalized spacial score (nSPS) is 12.3. The van der Waals surface area contributed by atoms with Gasteiger partial charge in [-0.2, -0.15) is 0 Å². The molecule has 0 radical (unpaired) electrons. The molecule has 3 aromatic heterocycles. The van der Waals surface area contributed by atoms with Crippen LogP contribution in [0.4, 0.5) is 0 Å². The number of hydrogen-bond acceptors (Lipinski definition) is 7. The average Bonchev–Trinajstić information content (AvgIpc) is 3.56. The molecule has 0 N–H and O–H groups in total. The van der Waals surface area contributed by atoms with Crippen LogP contribution < -0.4 is 4.74 Å². The minimum atomic E-state index is 0.185. The highest BCUT2D eigenvalue weighted by Gasteiger charge is 2.17. The second-order valence-electron chi connectivity index (χ2n) is 7.66. The van der Waals surface area contributed by atoms with Gasteiger partial charge in [-0.3, -0.25) is 0 Å². The Labute approximate surface area is 184 Å². The Bertz CT molecular complexity index is 1310. The van der Waals surface area contributed by atoms with E-state index in [9.17, 15) is 0 Å². The first-order valence-corrected chi connectivity index (χ1v) is 10.6. The number of rotatable bonds is 8. The lowest BCUT2D eigenvalue weighted by Crippen LogP contribution is -2.08. The number of aromatic nitrogens is 5. The quantitative estimate of drug-likeness (QED) is 0.336. The standard InChI is InChI=1S/C24H23N5O3/c1-3-17(13-29-15-25-27-28-29)22-11-19-9-10-20(12-23(19)32-22)30-14-21-16(2)31-24(26-21)18-7-5-4-6-8-18/h4-12,15,17H,3,13-14H2,1-2H3. The van der Waals surface area contributed by atoms with Gasteiger partial charge in [0.2, 0.25) is 5.89 Å². The van der Waals surface area contributed by atoms with E-state index in [0.717, 1.165) is 45.9 Å². The predicted molar refractivity (Wildman–Crippen MR) is 118 cm³/mol. The van der Waals surface area contributed by atoms with Gasteiger partial charge in [-0.25, -0.2) is 9.67 Å². The van der Waals surface area contributed by atoms with Crippen molar-refractivity contribution >= 4 is 11.0 Å². The van der Waals surface area contributed by atoms with Crippen LogP contribution in [0.15, 0.2) is 69.8 Å². The van der Waals surface area contributed by atoms with Crippen LogP contribution in [0, 0.1) is 6.92 Å². The largest absolute Gasteiger partial charge is 0.487 e. The molecule has 0 saturated heterocycles. The highest BCUT2D eigenvalue weighted by Crippen LogP contribution is 2.31. The molecule has 2 aromatic carbocycles. The zero-order chi connectivity index (χ0) is 21.9. The fourth-order valence-electron chi connectivity index (χ4n) is 3.65. The van der Waals surface area contributed by atoms with Gasteiger partial charge in [0, 0.05) is 22.9 Å². The first-order valence-electron chi connectivity index (χ1n) is 10.6. The molecular formula is C24H23N5O3. The zero-order valence-electron chi connectivity index (χ0n) is 17.9. The van der Waals surface area contributed by atoms with Gasteiger partial charge in [-0.1, -0.05) is 25.1 Å². The summed E-state index contributed by atoms with van der Waals surface area (Å²) in [6.45, 7) is 5.01. The lowest BCUT2D eigenvalue weighted by molar-refractivity contribution is 0.299. The molecule has 5 aromatic rings. The molecule has 0 aliphatic heterocycles. The number of furan rings is 1. The van der Waals surface area contributed by atoms with Crippen LogP contribution in [0.3, 0.4) is 0 Å². The van der Waals surface area contributed by atoms with E-state index < -0.39 is 0 Å².